The molecule has 0 fully saturated rings. The molecule has 1 atom stereocenters. The molecule has 0 saturated heterocycles. The molecule has 0 aliphatic carbocycles. The molecule has 2 aromatic rings. The van der Waals surface area contributed by atoms with Crippen LogP contribution in [-0.2, 0) is 20.9 Å². The van der Waals surface area contributed by atoms with Gasteiger partial charge in [0.15, 0.2) is 0 Å². The number of amides is 2. The summed E-state index contributed by atoms with van der Waals surface area (Å²) in [5, 5.41) is 20.6. The van der Waals surface area contributed by atoms with Crippen LogP contribution in [0, 0.1) is 11.3 Å². The van der Waals surface area contributed by atoms with Gasteiger partial charge in [0, 0.05) is 12.6 Å². The number of nitrogens with zero attached hydrogens (tertiary/aromatic N) is 5. The summed E-state index contributed by atoms with van der Waals surface area (Å²) in [5.74, 6) is -0.478. The largest absolute Gasteiger partial charge is 0.444 e. The first-order valence-electron chi connectivity index (χ1n) is 8.85. The van der Waals surface area contributed by atoms with Gasteiger partial charge in [-0.25, -0.2) is 14.5 Å². The number of carbonyl (C=O) groups excluding carboxylic acids is 2. The topological polar surface area (TPSA) is 122 Å². The molecule has 0 unspecified atom stereocenters. The number of nitrogens with one attached hydrogen (secondary N) is 1. The number of alkyl carbamates (subject to hydrolysis) is 1. The molecule has 154 valence electrons. The second-order valence-electron chi connectivity index (χ2n) is 7.23. The second-order valence-corrected chi connectivity index (χ2v) is 7.23. The Morgan fingerprint density at radius 1 is 1.31 bits per heavy atom. The van der Waals surface area contributed by atoms with Gasteiger partial charge < -0.3 is 10.1 Å². The van der Waals surface area contributed by atoms with Crippen molar-refractivity contribution in [3.05, 3.63) is 36.0 Å². The first-order chi connectivity index (χ1) is 13.6. The summed E-state index contributed by atoms with van der Waals surface area (Å²) in [6, 6.07) is 7.94. The number of ether oxygens (including phenoxy) is 1. The number of likely N-dealkylation sites (N-methyl/N-ethyl adjacent to an activating group) is 1. The Hall–Kier alpha value is -3.45. The predicted octanol–water partition coefficient (Wildman–Crippen LogP) is 1.73. The fourth-order valence-corrected chi connectivity index (χ4v) is 2.37. The zero-order valence-corrected chi connectivity index (χ0v) is 17.0. The van der Waals surface area contributed by atoms with Crippen LogP contribution < -0.4 is 5.32 Å². The third-order valence-corrected chi connectivity index (χ3v) is 3.79. The van der Waals surface area contributed by atoms with Crippen LogP contribution in [0.5, 0.6) is 0 Å². The van der Waals surface area contributed by atoms with Gasteiger partial charge in [0.25, 0.3) is 5.91 Å². The highest BCUT2D eigenvalue weighted by Gasteiger charge is 2.28. The van der Waals surface area contributed by atoms with Gasteiger partial charge in [-0.05, 0) is 32.9 Å². The lowest BCUT2D eigenvalue weighted by Gasteiger charge is -2.25. The number of hydroxylamine groups is 2. The number of benzene rings is 1. The highest BCUT2D eigenvalue weighted by molar-refractivity contribution is 5.84. The second kappa shape index (κ2) is 9.16. The Balaban J connectivity index is 2.17. The van der Waals surface area contributed by atoms with Crippen LogP contribution in [0.1, 0.15) is 26.3 Å². The van der Waals surface area contributed by atoms with Gasteiger partial charge in [0.1, 0.15) is 17.3 Å². The standard InChI is InChI=1S/C19H24N6O4/c1-19(2,3)29-18(27)21-16(17(26)24(4)28-5)12-25-11-15(22-23-25)14-8-6-13(10-20)7-9-14/h6-9,11,16H,12H2,1-5H3,(H,21,27)/t16-/m0/s1. The fraction of sp³-hybridized carbons (Fsp3) is 0.421. The van der Waals surface area contributed by atoms with E-state index in [0.717, 1.165) is 10.6 Å². The van der Waals surface area contributed by atoms with E-state index in [1.165, 1.54) is 18.8 Å². The van der Waals surface area contributed by atoms with E-state index in [0.29, 0.717) is 11.3 Å². The maximum Gasteiger partial charge on any atom is 0.408 e. The van der Waals surface area contributed by atoms with E-state index in [1.54, 1.807) is 51.2 Å². The maximum atomic E-state index is 12.6. The number of hydrogen-bond donors (Lipinski definition) is 1. The van der Waals surface area contributed by atoms with Crippen molar-refractivity contribution in [2.24, 2.45) is 0 Å². The SMILES string of the molecule is CON(C)C(=O)[C@H](Cn1cc(-c2ccc(C#N)cc2)nn1)NC(=O)OC(C)(C)C. The van der Waals surface area contributed by atoms with E-state index in [1.807, 2.05) is 0 Å². The lowest BCUT2D eigenvalue weighted by Crippen LogP contribution is -2.50. The average molecular weight is 400 g/mol. The number of hydrogen-bond acceptors (Lipinski definition) is 7. The first kappa shape index (κ1) is 21.8. The van der Waals surface area contributed by atoms with Crippen molar-refractivity contribution in [3.8, 4) is 17.3 Å². The molecule has 10 heteroatoms. The Kier molecular flexibility index (Phi) is 6.90. The van der Waals surface area contributed by atoms with E-state index < -0.39 is 23.6 Å². The molecule has 0 spiro atoms. The zero-order valence-electron chi connectivity index (χ0n) is 17.0. The third kappa shape index (κ3) is 6.29. The Morgan fingerprint density at radius 3 is 2.52 bits per heavy atom. The van der Waals surface area contributed by atoms with Crippen molar-refractivity contribution in [3.63, 3.8) is 0 Å². The molecule has 1 N–H and O–H groups in total. The van der Waals surface area contributed by atoms with Crippen LogP contribution >= 0.6 is 0 Å². The van der Waals surface area contributed by atoms with Gasteiger partial charge >= 0.3 is 6.09 Å². The zero-order chi connectivity index (χ0) is 21.6. The maximum absolute atomic E-state index is 12.6. The third-order valence-electron chi connectivity index (χ3n) is 3.79. The fourth-order valence-electron chi connectivity index (χ4n) is 2.37. The summed E-state index contributed by atoms with van der Waals surface area (Å²) in [6.07, 6.45) is 0.915. The molecular weight excluding hydrogens is 376 g/mol. The van der Waals surface area contributed by atoms with Crippen LogP contribution in [-0.4, -0.2) is 57.9 Å². The summed E-state index contributed by atoms with van der Waals surface area (Å²) >= 11 is 0. The summed E-state index contributed by atoms with van der Waals surface area (Å²) < 4.78 is 6.67. The Bertz CT molecular complexity index is 895. The van der Waals surface area contributed by atoms with Crippen molar-refractivity contribution in [1.82, 2.24) is 25.4 Å². The molecule has 1 aromatic carbocycles. The molecule has 10 nitrogen and oxygen atoms in total. The lowest BCUT2D eigenvalue weighted by molar-refractivity contribution is -0.171. The Labute approximate surface area is 169 Å². The number of carbonyl (C=O) groups is 2. The van der Waals surface area contributed by atoms with Gasteiger partial charge in [-0.1, -0.05) is 17.3 Å². The quantitative estimate of drug-likeness (QED) is 0.733. The van der Waals surface area contributed by atoms with Gasteiger partial charge in [-0.2, -0.15) is 5.26 Å². The summed E-state index contributed by atoms with van der Waals surface area (Å²) in [6.45, 7) is 5.21. The molecule has 29 heavy (non-hydrogen) atoms. The first-order valence-corrected chi connectivity index (χ1v) is 8.85. The van der Waals surface area contributed by atoms with Crippen molar-refractivity contribution in [2.45, 2.75) is 39.0 Å². The number of nitriles is 1. The van der Waals surface area contributed by atoms with Gasteiger partial charge in [0.2, 0.25) is 0 Å². The van der Waals surface area contributed by atoms with Crippen LogP contribution in [0.3, 0.4) is 0 Å². The van der Waals surface area contributed by atoms with Crippen LogP contribution in [0.25, 0.3) is 11.3 Å². The van der Waals surface area contributed by atoms with Crippen LogP contribution in [0.4, 0.5) is 4.79 Å². The molecule has 1 aromatic heterocycles. The minimum absolute atomic E-state index is 0.0229. The van der Waals surface area contributed by atoms with Crippen molar-refractivity contribution < 1.29 is 19.2 Å². The molecular formula is C19H24N6O4. The molecule has 0 aliphatic rings. The van der Waals surface area contributed by atoms with E-state index in [2.05, 4.69) is 21.7 Å². The monoisotopic (exact) mass is 400 g/mol. The summed E-state index contributed by atoms with van der Waals surface area (Å²) in [4.78, 5) is 29.6. The van der Waals surface area contributed by atoms with E-state index >= 15 is 0 Å². The van der Waals surface area contributed by atoms with Crippen LogP contribution in [0.15, 0.2) is 30.5 Å². The molecule has 0 bridgehead atoms. The molecule has 0 saturated carbocycles. The normalized spacial score (nSPS) is 12.0. The predicted molar refractivity (Wildman–Crippen MR) is 103 cm³/mol. The highest BCUT2D eigenvalue weighted by atomic mass is 16.7. The Morgan fingerprint density at radius 2 is 1.97 bits per heavy atom. The van der Waals surface area contributed by atoms with Crippen LogP contribution in [0.2, 0.25) is 0 Å². The minimum Gasteiger partial charge on any atom is -0.444 e. The average Bonchev–Trinajstić information content (AvgIpc) is 3.13. The minimum atomic E-state index is -0.981. The number of rotatable bonds is 6. The molecule has 1 heterocycles. The van der Waals surface area contributed by atoms with Crippen molar-refractivity contribution in [2.75, 3.05) is 14.2 Å². The van der Waals surface area contributed by atoms with E-state index in [4.69, 9.17) is 14.8 Å². The number of aromatic nitrogens is 3. The molecule has 0 aliphatic heterocycles. The van der Waals surface area contributed by atoms with Gasteiger partial charge in [-0.3, -0.25) is 9.63 Å². The lowest BCUT2D eigenvalue weighted by atomic mass is 10.1. The van der Waals surface area contributed by atoms with Gasteiger partial charge in [-0.15, -0.1) is 5.10 Å². The summed E-state index contributed by atoms with van der Waals surface area (Å²) in [7, 11) is 2.79. The molecule has 0 radical (unpaired) electrons. The highest BCUT2D eigenvalue weighted by Crippen LogP contribution is 2.17. The molecule has 2 amide bonds. The van der Waals surface area contributed by atoms with Crippen molar-refractivity contribution in [1.29, 1.82) is 5.26 Å². The van der Waals surface area contributed by atoms with Gasteiger partial charge in [0.05, 0.1) is 31.5 Å². The van der Waals surface area contributed by atoms with E-state index in [9.17, 15) is 9.59 Å². The smallest absolute Gasteiger partial charge is 0.408 e. The van der Waals surface area contributed by atoms with E-state index in [-0.39, 0.29) is 6.54 Å². The summed E-state index contributed by atoms with van der Waals surface area (Å²) in [5.41, 5.74) is 1.17. The van der Waals surface area contributed by atoms with Crippen molar-refractivity contribution >= 4 is 12.0 Å². The molecule has 2 rings (SSSR count).